The molecule has 0 aromatic rings. The molecule has 0 aromatic heterocycles. The Morgan fingerprint density at radius 1 is 1.39 bits per heavy atom. The molecule has 2 fully saturated rings. The molecule has 2 saturated heterocycles. The van der Waals surface area contributed by atoms with Crippen LogP contribution < -0.4 is 5.43 Å². The Morgan fingerprint density at radius 2 is 2.22 bits per heavy atom. The average Bonchev–Trinajstić information content (AvgIpc) is 2.59. The fourth-order valence-electron chi connectivity index (χ4n) is 2.49. The number of allylic oxidation sites excluding steroid dienone is 1. The molecule has 0 bridgehead atoms. The first-order chi connectivity index (χ1) is 8.68. The number of ether oxygens (including phenoxy) is 1. The van der Waals surface area contributed by atoms with Gasteiger partial charge in [0, 0.05) is 31.3 Å². The molecule has 0 spiro atoms. The van der Waals surface area contributed by atoms with Gasteiger partial charge in [0.2, 0.25) is 0 Å². The fraction of sp³-hybridized carbons (Fsp3) is 0.385. The second-order valence-electron chi connectivity index (χ2n) is 4.59. The predicted molar refractivity (Wildman–Crippen MR) is 68.0 cm³/mol. The average molecular weight is 247 g/mol. The van der Waals surface area contributed by atoms with Crippen LogP contribution in [-0.2, 0) is 4.74 Å². The lowest BCUT2D eigenvalue weighted by Crippen LogP contribution is -2.57. The van der Waals surface area contributed by atoms with Crippen LogP contribution in [-0.4, -0.2) is 40.9 Å². The summed E-state index contributed by atoms with van der Waals surface area (Å²) >= 11 is 0. The van der Waals surface area contributed by atoms with E-state index in [9.17, 15) is 5.11 Å². The third-order valence-electron chi connectivity index (χ3n) is 3.49. The van der Waals surface area contributed by atoms with Crippen molar-refractivity contribution < 1.29 is 9.84 Å². The third-order valence-corrected chi connectivity index (χ3v) is 3.49. The zero-order valence-electron chi connectivity index (χ0n) is 10.2. The van der Waals surface area contributed by atoms with Crippen molar-refractivity contribution in [3.05, 3.63) is 48.2 Å². The van der Waals surface area contributed by atoms with Crippen molar-refractivity contribution in [1.82, 2.24) is 15.3 Å². The van der Waals surface area contributed by atoms with E-state index in [1.807, 2.05) is 11.2 Å². The van der Waals surface area contributed by atoms with Crippen molar-refractivity contribution in [2.45, 2.75) is 12.6 Å². The van der Waals surface area contributed by atoms with E-state index in [-0.39, 0.29) is 11.9 Å². The van der Waals surface area contributed by atoms with Crippen LogP contribution in [0.15, 0.2) is 48.2 Å². The molecule has 0 aliphatic carbocycles. The standard InChI is InChI=1S/C13H17N3O2/c1-9-3-5-16-12(13(9)17)10(2)15-6-8-18-7-4-11(15)14-16/h3,5,11,14,17H,1-2,4,6-8H2/t11-/m0/s1. The maximum Gasteiger partial charge on any atom is 0.149 e. The molecule has 5 heteroatoms. The van der Waals surface area contributed by atoms with Crippen LogP contribution in [0.2, 0.25) is 0 Å². The molecule has 96 valence electrons. The van der Waals surface area contributed by atoms with Gasteiger partial charge in [-0.25, -0.2) is 5.43 Å². The third kappa shape index (κ3) is 1.63. The molecule has 3 aliphatic heterocycles. The highest BCUT2D eigenvalue weighted by Crippen LogP contribution is 2.32. The minimum Gasteiger partial charge on any atom is -0.505 e. The topological polar surface area (TPSA) is 48.0 Å². The van der Waals surface area contributed by atoms with Gasteiger partial charge >= 0.3 is 0 Å². The quantitative estimate of drug-likeness (QED) is 0.674. The zero-order valence-corrected chi connectivity index (χ0v) is 10.2. The molecule has 18 heavy (non-hydrogen) atoms. The van der Waals surface area contributed by atoms with E-state index in [2.05, 4.69) is 23.5 Å². The Kier molecular flexibility index (Phi) is 2.65. The Bertz CT molecular complexity index is 467. The van der Waals surface area contributed by atoms with Gasteiger partial charge in [0.25, 0.3) is 0 Å². The zero-order chi connectivity index (χ0) is 12.7. The highest BCUT2D eigenvalue weighted by molar-refractivity contribution is 5.47. The molecule has 0 unspecified atom stereocenters. The maximum atomic E-state index is 10.1. The van der Waals surface area contributed by atoms with Crippen LogP contribution in [0.25, 0.3) is 0 Å². The number of hydrogen-bond donors (Lipinski definition) is 2. The number of aliphatic hydroxyl groups excluding tert-OH is 1. The highest BCUT2D eigenvalue weighted by Gasteiger charge is 2.35. The molecule has 0 saturated carbocycles. The van der Waals surface area contributed by atoms with Gasteiger partial charge in [-0.05, 0) is 6.08 Å². The minimum absolute atomic E-state index is 0.160. The summed E-state index contributed by atoms with van der Waals surface area (Å²) in [4.78, 5) is 2.14. The second-order valence-corrected chi connectivity index (χ2v) is 4.59. The van der Waals surface area contributed by atoms with E-state index in [4.69, 9.17) is 4.74 Å². The Hall–Kier alpha value is -1.72. The van der Waals surface area contributed by atoms with Gasteiger partial charge in [0.05, 0.1) is 18.5 Å². The van der Waals surface area contributed by atoms with Gasteiger partial charge in [0.15, 0.2) is 0 Å². The molecule has 5 nitrogen and oxygen atoms in total. The van der Waals surface area contributed by atoms with Gasteiger partial charge in [-0.3, -0.25) is 5.01 Å². The summed E-state index contributed by atoms with van der Waals surface area (Å²) in [7, 11) is 0. The lowest BCUT2D eigenvalue weighted by atomic mass is 10.1. The van der Waals surface area contributed by atoms with E-state index >= 15 is 0 Å². The summed E-state index contributed by atoms with van der Waals surface area (Å²) < 4.78 is 5.48. The van der Waals surface area contributed by atoms with E-state index in [1.165, 1.54) is 0 Å². The molecular weight excluding hydrogens is 230 g/mol. The van der Waals surface area contributed by atoms with Gasteiger partial charge < -0.3 is 14.7 Å². The van der Waals surface area contributed by atoms with Gasteiger partial charge in [-0.15, -0.1) is 0 Å². The lowest BCUT2D eigenvalue weighted by molar-refractivity contribution is 0.100. The van der Waals surface area contributed by atoms with Crippen molar-refractivity contribution >= 4 is 0 Å². The summed E-state index contributed by atoms with van der Waals surface area (Å²) in [5.41, 5.74) is 5.45. The monoisotopic (exact) mass is 247 g/mol. The number of hydrazine groups is 1. The predicted octanol–water partition coefficient (Wildman–Crippen LogP) is 1.22. The highest BCUT2D eigenvalue weighted by atomic mass is 16.5. The Labute approximate surface area is 106 Å². The molecule has 2 N–H and O–H groups in total. The Balaban J connectivity index is 1.97. The van der Waals surface area contributed by atoms with Crippen molar-refractivity contribution in [3.8, 4) is 0 Å². The summed E-state index contributed by atoms with van der Waals surface area (Å²) in [6.45, 7) is 10.1. The van der Waals surface area contributed by atoms with Crippen molar-refractivity contribution in [2.24, 2.45) is 0 Å². The molecule has 1 atom stereocenters. The normalized spacial score (nSPS) is 28.1. The van der Waals surface area contributed by atoms with E-state index in [0.717, 1.165) is 25.3 Å². The maximum absolute atomic E-state index is 10.1. The lowest BCUT2D eigenvalue weighted by Gasteiger charge is -2.45. The number of nitrogens with one attached hydrogen (secondary N) is 1. The number of rotatable bonds is 0. The number of nitrogens with zero attached hydrogens (tertiary/aromatic N) is 2. The molecule has 0 radical (unpaired) electrons. The van der Waals surface area contributed by atoms with Crippen molar-refractivity contribution in [2.75, 3.05) is 19.8 Å². The SMILES string of the molecule is C=C1C=CN2N[C@@H]3CCOCCN3C(=C)C2=C1O. The van der Waals surface area contributed by atoms with Crippen LogP contribution in [0.5, 0.6) is 0 Å². The molecule has 0 aromatic carbocycles. The first-order valence-electron chi connectivity index (χ1n) is 6.08. The molecular formula is C13H17N3O2. The Morgan fingerprint density at radius 3 is 3.06 bits per heavy atom. The fourth-order valence-corrected chi connectivity index (χ4v) is 2.49. The van der Waals surface area contributed by atoms with Crippen molar-refractivity contribution in [3.63, 3.8) is 0 Å². The van der Waals surface area contributed by atoms with Crippen LogP contribution in [0.4, 0.5) is 0 Å². The number of hydrogen-bond acceptors (Lipinski definition) is 5. The number of fused-ring (bicyclic) bond motifs is 2. The summed E-state index contributed by atoms with van der Waals surface area (Å²) in [5, 5.41) is 12.0. The second kappa shape index (κ2) is 4.19. The molecule has 3 heterocycles. The molecule has 3 aliphatic rings. The van der Waals surface area contributed by atoms with E-state index in [1.54, 1.807) is 6.08 Å². The smallest absolute Gasteiger partial charge is 0.149 e. The largest absolute Gasteiger partial charge is 0.505 e. The van der Waals surface area contributed by atoms with Gasteiger partial charge in [-0.1, -0.05) is 13.2 Å². The summed E-state index contributed by atoms with van der Waals surface area (Å²) in [5.74, 6) is 0.179. The molecule has 0 amide bonds. The van der Waals surface area contributed by atoms with E-state index < -0.39 is 0 Å². The minimum atomic E-state index is 0.160. The van der Waals surface area contributed by atoms with Gasteiger partial charge in [0.1, 0.15) is 11.5 Å². The summed E-state index contributed by atoms with van der Waals surface area (Å²) in [6, 6.07) is 0. The van der Waals surface area contributed by atoms with Gasteiger partial charge in [-0.2, -0.15) is 0 Å². The van der Waals surface area contributed by atoms with Crippen LogP contribution >= 0.6 is 0 Å². The first kappa shape index (κ1) is 11.4. The summed E-state index contributed by atoms with van der Waals surface area (Å²) in [6.07, 6.45) is 4.69. The van der Waals surface area contributed by atoms with E-state index in [0.29, 0.717) is 17.9 Å². The van der Waals surface area contributed by atoms with Crippen LogP contribution in [0.3, 0.4) is 0 Å². The van der Waals surface area contributed by atoms with Crippen LogP contribution in [0.1, 0.15) is 6.42 Å². The number of aliphatic hydroxyl groups is 1. The van der Waals surface area contributed by atoms with Crippen molar-refractivity contribution in [1.29, 1.82) is 0 Å². The van der Waals surface area contributed by atoms with Crippen LogP contribution in [0, 0.1) is 0 Å². The first-order valence-corrected chi connectivity index (χ1v) is 6.08. The molecule has 3 rings (SSSR count).